The van der Waals surface area contributed by atoms with Crippen LogP contribution in [0.25, 0.3) is 0 Å². The highest BCUT2D eigenvalue weighted by molar-refractivity contribution is 6.04. The summed E-state index contributed by atoms with van der Waals surface area (Å²) in [6.45, 7) is 2.46. The van der Waals surface area contributed by atoms with Crippen LogP contribution in [0.3, 0.4) is 0 Å². The number of amides is 1. The zero-order valence-electron chi connectivity index (χ0n) is 12.5. The third kappa shape index (κ3) is 3.42. The minimum atomic E-state index is -0.0966. The molecule has 112 valence electrons. The number of ether oxygens (including phenoxy) is 2. The topological polar surface area (TPSA) is 55.8 Å². The molecule has 0 saturated heterocycles. The summed E-state index contributed by atoms with van der Waals surface area (Å²) < 4.78 is 10.4. The number of rotatable bonds is 6. The normalized spacial score (nSPS) is 14.1. The average molecular weight is 289 g/mol. The standard InChI is InChI=1S/C16H19NO4/c1-11(18)13-9-16(19)17(10-13)7-6-12-4-5-14(20-2)15(8-12)21-3/h4-5,8-9H,6-7,10H2,1-3H3. The number of Topliss-reactive ketones (excluding diaryl/α,β-unsaturated/α-hetero) is 1. The Hall–Kier alpha value is -2.30. The highest BCUT2D eigenvalue weighted by atomic mass is 16.5. The monoisotopic (exact) mass is 289 g/mol. The summed E-state index contributed by atoms with van der Waals surface area (Å²) in [5.41, 5.74) is 1.63. The van der Waals surface area contributed by atoms with E-state index in [0.717, 1.165) is 5.56 Å². The number of hydrogen-bond acceptors (Lipinski definition) is 4. The van der Waals surface area contributed by atoms with Gasteiger partial charge in [0.2, 0.25) is 5.91 Å². The first-order valence-corrected chi connectivity index (χ1v) is 6.76. The van der Waals surface area contributed by atoms with Crippen LogP contribution in [0.15, 0.2) is 29.8 Å². The molecule has 0 atom stereocenters. The predicted octanol–water partition coefficient (Wildman–Crippen LogP) is 1.60. The molecule has 5 nitrogen and oxygen atoms in total. The van der Waals surface area contributed by atoms with Crippen LogP contribution in [-0.2, 0) is 16.0 Å². The maximum atomic E-state index is 11.8. The molecule has 5 heteroatoms. The Morgan fingerprint density at radius 1 is 1.24 bits per heavy atom. The van der Waals surface area contributed by atoms with E-state index >= 15 is 0 Å². The number of ketones is 1. The zero-order chi connectivity index (χ0) is 15.4. The van der Waals surface area contributed by atoms with Crippen LogP contribution in [0, 0.1) is 0 Å². The molecular weight excluding hydrogens is 270 g/mol. The van der Waals surface area contributed by atoms with Crippen molar-refractivity contribution in [3.8, 4) is 11.5 Å². The van der Waals surface area contributed by atoms with Crippen molar-refractivity contribution in [1.82, 2.24) is 4.90 Å². The summed E-state index contributed by atoms with van der Waals surface area (Å²) in [5, 5.41) is 0. The molecule has 1 heterocycles. The lowest BCUT2D eigenvalue weighted by Crippen LogP contribution is -2.28. The van der Waals surface area contributed by atoms with Gasteiger partial charge in [-0.15, -0.1) is 0 Å². The molecule has 1 amide bonds. The van der Waals surface area contributed by atoms with Crippen LogP contribution in [-0.4, -0.2) is 43.9 Å². The van der Waals surface area contributed by atoms with Gasteiger partial charge in [0.25, 0.3) is 0 Å². The van der Waals surface area contributed by atoms with E-state index < -0.39 is 0 Å². The summed E-state index contributed by atoms with van der Waals surface area (Å²) in [4.78, 5) is 24.7. The van der Waals surface area contributed by atoms with Crippen molar-refractivity contribution in [3.63, 3.8) is 0 Å². The summed E-state index contributed by atoms with van der Waals surface area (Å²) in [5.74, 6) is 1.21. The van der Waals surface area contributed by atoms with Crippen molar-refractivity contribution in [2.75, 3.05) is 27.3 Å². The highest BCUT2D eigenvalue weighted by Gasteiger charge is 2.23. The van der Waals surface area contributed by atoms with Gasteiger partial charge >= 0.3 is 0 Å². The fraction of sp³-hybridized carbons (Fsp3) is 0.375. The number of benzene rings is 1. The molecule has 1 aromatic carbocycles. The molecule has 0 aromatic heterocycles. The Kier molecular flexibility index (Phi) is 4.62. The molecule has 0 bridgehead atoms. The lowest BCUT2D eigenvalue weighted by Gasteiger charge is -2.16. The van der Waals surface area contributed by atoms with E-state index in [4.69, 9.17) is 9.47 Å². The van der Waals surface area contributed by atoms with E-state index in [1.807, 2.05) is 18.2 Å². The second-order valence-electron chi connectivity index (χ2n) is 4.92. The SMILES string of the molecule is COc1ccc(CCN2CC(C(C)=O)=CC2=O)cc1OC. The summed E-state index contributed by atoms with van der Waals surface area (Å²) >= 11 is 0. The van der Waals surface area contributed by atoms with Gasteiger partial charge in [-0.2, -0.15) is 0 Å². The average Bonchev–Trinajstić information content (AvgIpc) is 2.86. The van der Waals surface area contributed by atoms with Gasteiger partial charge in [0.15, 0.2) is 17.3 Å². The number of carbonyl (C=O) groups is 2. The van der Waals surface area contributed by atoms with Crippen molar-refractivity contribution in [1.29, 1.82) is 0 Å². The minimum absolute atomic E-state index is 0.0445. The molecule has 2 rings (SSSR count). The molecule has 1 aliphatic rings. The highest BCUT2D eigenvalue weighted by Crippen LogP contribution is 2.27. The van der Waals surface area contributed by atoms with E-state index in [0.29, 0.717) is 36.6 Å². The van der Waals surface area contributed by atoms with Gasteiger partial charge in [-0.05, 0) is 31.0 Å². The Labute approximate surface area is 124 Å². The molecular formula is C16H19NO4. The Morgan fingerprint density at radius 3 is 2.52 bits per heavy atom. The van der Waals surface area contributed by atoms with Crippen molar-refractivity contribution in [3.05, 3.63) is 35.4 Å². The molecule has 21 heavy (non-hydrogen) atoms. The second kappa shape index (κ2) is 6.43. The first-order valence-electron chi connectivity index (χ1n) is 6.76. The zero-order valence-corrected chi connectivity index (χ0v) is 12.5. The van der Waals surface area contributed by atoms with E-state index in [1.54, 1.807) is 19.1 Å². The van der Waals surface area contributed by atoms with Gasteiger partial charge in [0.1, 0.15) is 0 Å². The fourth-order valence-corrected chi connectivity index (χ4v) is 2.27. The Morgan fingerprint density at radius 2 is 1.95 bits per heavy atom. The maximum absolute atomic E-state index is 11.8. The Balaban J connectivity index is 1.98. The summed E-state index contributed by atoms with van der Waals surface area (Å²) in [7, 11) is 3.18. The second-order valence-corrected chi connectivity index (χ2v) is 4.92. The molecule has 0 unspecified atom stereocenters. The van der Waals surface area contributed by atoms with E-state index in [-0.39, 0.29) is 11.7 Å². The van der Waals surface area contributed by atoms with Crippen molar-refractivity contribution < 1.29 is 19.1 Å². The third-order valence-electron chi connectivity index (χ3n) is 3.54. The first-order chi connectivity index (χ1) is 10.0. The van der Waals surface area contributed by atoms with Gasteiger partial charge in [-0.1, -0.05) is 6.07 Å². The molecule has 0 N–H and O–H groups in total. The maximum Gasteiger partial charge on any atom is 0.247 e. The van der Waals surface area contributed by atoms with Crippen LogP contribution in [0.2, 0.25) is 0 Å². The molecule has 0 aliphatic carbocycles. The van der Waals surface area contributed by atoms with Crippen LogP contribution >= 0.6 is 0 Å². The number of nitrogens with zero attached hydrogens (tertiary/aromatic N) is 1. The molecule has 0 radical (unpaired) electrons. The Bertz CT molecular complexity index is 592. The van der Waals surface area contributed by atoms with Crippen LogP contribution in [0.4, 0.5) is 0 Å². The van der Waals surface area contributed by atoms with Gasteiger partial charge in [-0.25, -0.2) is 0 Å². The van der Waals surface area contributed by atoms with Gasteiger partial charge < -0.3 is 14.4 Å². The minimum Gasteiger partial charge on any atom is -0.493 e. The van der Waals surface area contributed by atoms with E-state index in [1.165, 1.54) is 13.0 Å². The van der Waals surface area contributed by atoms with Gasteiger partial charge in [0, 0.05) is 24.7 Å². The van der Waals surface area contributed by atoms with Crippen LogP contribution < -0.4 is 9.47 Å². The van der Waals surface area contributed by atoms with Crippen molar-refractivity contribution in [2.45, 2.75) is 13.3 Å². The van der Waals surface area contributed by atoms with Crippen LogP contribution in [0.1, 0.15) is 12.5 Å². The van der Waals surface area contributed by atoms with E-state index in [9.17, 15) is 9.59 Å². The predicted molar refractivity (Wildman–Crippen MR) is 78.6 cm³/mol. The number of methoxy groups -OCH3 is 2. The molecule has 0 fully saturated rings. The largest absolute Gasteiger partial charge is 0.493 e. The quantitative estimate of drug-likeness (QED) is 0.798. The van der Waals surface area contributed by atoms with Gasteiger partial charge in [0.05, 0.1) is 14.2 Å². The molecule has 1 aliphatic heterocycles. The summed E-state index contributed by atoms with van der Waals surface area (Å²) in [6.07, 6.45) is 2.13. The first kappa shape index (κ1) is 15.1. The lowest BCUT2D eigenvalue weighted by molar-refractivity contribution is -0.124. The molecule has 0 saturated carbocycles. The van der Waals surface area contributed by atoms with Gasteiger partial charge in [-0.3, -0.25) is 9.59 Å². The van der Waals surface area contributed by atoms with Crippen molar-refractivity contribution in [2.24, 2.45) is 0 Å². The van der Waals surface area contributed by atoms with Crippen molar-refractivity contribution >= 4 is 11.7 Å². The molecule has 0 spiro atoms. The summed E-state index contributed by atoms with van der Waals surface area (Å²) in [6, 6.07) is 5.69. The van der Waals surface area contributed by atoms with Crippen LogP contribution in [0.5, 0.6) is 11.5 Å². The number of hydrogen-bond donors (Lipinski definition) is 0. The fourth-order valence-electron chi connectivity index (χ4n) is 2.27. The third-order valence-corrected chi connectivity index (χ3v) is 3.54. The van der Waals surface area contributed by atoms with E-state index in [2.05, 4.69) is 0 Å². The molecule has 1 aromatic rings. The smallest absolute Gasteiger partial charge is 0.247 e. The lowest BCUT2D eigenvalue weighted by atomic mass is 10.1. The number of carbonyl (C=O) groups excluding carboxylic acids is 2.